The highest BCUT2D eigenvalue weighted by Crippen LogP contribution is 2.30. The second kappa shape index (κ2) is 22.1. The van der Waals surface area contributed by atoms with Crippen molar-refractivity contribution in [1.82, 2.24) is 26.6 Å². The van der Waals surface area contributed by atoms with Crippen molar-refractivity contribution in [1.29, 1.82) is 0 Å². The van der Waals surface area contributed by atoms with E-state index >= 15 is 0 Å². The first-order chi connectivity index (χ1) is 24.3. The first-order valence-corrected chi connectivity index (χ1v) is 17.6. The molecule has 52 heavy (non-hydrogen) atoms. The predicted molar refractivity (Wildman–Crippen MR) is 179 cm³/mol. The maximum Gasteiger partial charge on any atom is 0.329 e. The minimum Gasteiger partial charge on any atom is -0.481 e. The Hall–Kier alpha value is -4.99. The van der Waals surface area contributed by atoms with Crippen molar-refractivity contribution in [2.45, 2.75) is 113 Å². The molecule has 12 N–H and O–H groups in total. The summed E-state index contributed by atoms with van der Waals surface area (Å²) in [5.41, 5.74) is 3.90. The van der Waals surface area contributed by atoms with Gasteiger partial charge in [0, 0.05) is 19.3 Å². The zero-order valence-electron chi connectivity index (χ0n) is 28.4. The molecule has 0 bridgehead atoms. The molecule has 0 aromatic rings. The zero-order valence-corrected chi connectivity index (χ0v) is 29.2. The lowest BCUT2D eigenvalue weighted by Gasteiger charge is -2.29. The van der Waals surface area contributed by atoms with E-state index in [1.54, 1.807) is 6.26 Å². The highest BCUT2D eigenvalue weighted by Gasteiger charge is 2.44. The third-order valence-electron chi connectivity index (χ3n) is 8.04. The Labute approximate surface area is 301 Å². The van der Waals surface area contributed by atoms with Gasteiger partial charge in [0.1, 0.15) is 29.7 Å². The molecule has 0 heterocycles. The summed E-state index contributed by atoms with van der Waals surface area (Å²) < 4.78 is 0. The van der Waals surface area contributed by atoms with Crippen LogP contribution in [-0.2, 0) is 47.9 Å². The second-order valence-corrected chi connectivity index (χ2v) is 13.1. The van der Waals surface area contributed by atoms with E-state index in [4.69, 9.17) is 15.9 Å². The van der Waals surface area contributed by atoms with E-state index in [0.717, 1.165) is 0 Å². The summed E-state index contributed by atoms with van der Waals surface area (Å²) in [6.45, 7) is 0. The summed E-state index contributed by atoms with van der Waals surface area (Å²) in [5.74, 6) is -11.9. The average molecular weight is 763 g/mol. The molecule has 0 aromatic heterocycles. The number of amides is 5. The molecular weight excluding hydrogens is 716 g/mol. The van der Waals surface area contributed by atoms with Crippen LogP contribution in [0.3, 0.4) is 0 Å². The largest absolute Gasteiger partial charge is 0.481 e. The van der Waals surface area contributed by atoms with Crippen LogP contribution in [0.2, 0.25) is 0 Å². The quantitative estimate of drug-likeness (QED) is 0.0461. The van der Waals surface area contributed by atoms with Crippen LogP contribution in [0, 0.1) is 0 Å². The van der Waals surface area contributed by atoms with Gasteiger partial charge in [-0.05, 0) is 50.5 Å². The Morgan fingerprint density at radius 2 is 0.942 bits per heavy atom. The fraction of sp³-hybridized carbons (Fsp3) is 0.667. The number of carbonyl (C=O) groups is 10. The first kappa shape index (κ1) is 45.0. The Bertz CT molecular complexity index is 1360. The second-order valence-electron chi connectivity index (χ2n) is 12.1. The molecular formula is C30H46N6O15S. The molecule has 0 aliphatic heterocycles. The molecule has 21 nitrogen and oxygen atoms in total. The average Bonchev–Trinajstić information content (AvgIpc) is 3.53. The van der Waals surface area contributed by atoms with Gasteiger partial charge in [0.05, 0.1) is 12.5 Å². The van der Waals surface area contributed by atoms with Gasteiger partial charge in [-0.25, -0.2) is 4.79 Å². The predicted octanol–water partition coefficient (Wildman–Crippen LogP) is -2.41. The van der Waals surface area contributed by atoms with Crippen LogP contribution < -0.4 is 32.3 Å². The molecule has 1 rings (SSSR count). The van der Waals surface area contributed by atoms with Gasteiger partial charge in [0.2, 0.25) is 29.5 Å². The standard InChI is InChI=1S/C30H46N6O15S/c1-52-13-10-19(35-25(46)16(4-7-20(37)38)32-24(45)15(31)14-23(43)44)27(48)33-17(5-8-21(39)40)26(47)34-18(6-9-22(41)42)28(49)36-30(29(50)51)11-2-3-12-30/h15-19H,2-14,31H2,1H3,(H,32,45)(H,33,48)(H,34,47)(H,35,46)(H,36,49)(H,37,38)(H,39,40)(H,41,42)(H,43,44)(H,50,51)/t15-,16-,17-,18-,19-/m0/s1. The molecule has 1 saturated carbocycles. The molecule has 292 valence electrons. The smallest absolute Gasteiger partial charge is 0.329 e. The van der Waals surface area contributed by atoms with Gasteiger partial charge >= 0.3 is 29.8 Å². The van der Waals surface area contributed by atoms with E-state index in [0.29, 0.717) is 12.8 Å². The topological polar surface area (TPSA) is 358 Å². The molecule has 22 heteroatoms. The van der Waals surface area contributed by atoms with Gasteiger partial charge in [-0.15, -0.1) is 0 Å². The minimum absolute atomic E-state index is 0.0874. The molecule has 0 unspecified atom stereocenters. The zero-order chi connectivity index (χ0) is 39.6. The Morgan fingerprint density at radius 1 is 0.577 bits per heavy atom. The third-order valence-corrected chi connectivity index (χ3v) is 8.69. The van der Waals surface area contributed by atoms with Crippen molar-refractivity contribution in [2.75, 3.05) is 12.0 Å². The fourth-order valence-corrected chi connectivity index (χ4v) is 5.66. The monoisotopic (exact) mass is 762 g/mol. The molecule has 1 aliphatic carbocycles. The van der Waals surface area contributed by atoms with Gasteiger partial charge in [-0.1, -0.05) is 12.8 Å². The maximum absolute atomic E-state index is 13.5. The van der Waals surface area contributed by atoms with Crippen LogP contribution in [0.1, 0.15) is 77.0 Å². The number of nitrogens with two attached hydrogens (primary N) is 1. The lowest BCUT2D eigenvalue weighted by molar-refractivity contribution is -0.148. The first-order valence-electron chi connectivity index (χ1n) is 16.2. The molecule has 0 saturated heterocycles. The molecule has 5 amide bonds. The van der Waals surface area contributed by atoms with Crippen molar-refractivity contribution in [2.24, 2.45) is 5.73 Å². The SMILES string of the molecule is CSCC[C@H](NC(=O)[C@H](CCC(=O)O)NC(=O)[C@@H](N)CC(=O)O)C(=O)N[C@@H](CCC(=O)O)C(=O)N[C@@H](CCC(=O)O)C(=O)NC1(C(=O)O)CCCC1. The van der Waals surface area contributed by atoms with E-state index in [-0.39, 0.29) is 25.0 Å². The molecule has 5 atom stereocenters. The van der Waals surface area contributed by atoms with Gasteiger partial charge < -0.3 is 57.9 Å². The van der Waals surface area contributed by atoms with Gasteiger partial charge in [0.25, 0.3) is 0 Å². The van der Waals surface area contributed by atoms with E-state index < -0.39 is 140 Å². The van der Waals surface area contributed by atoms with E-state index in [2.05, 4.69) is 26.6 Å². The van der Waals surface area contributed by atoms with Crippen molar-refractivity contribution in [3.05, 3.63) is 0 Å². The summed E-state index contributed by atoms with van der Waals surface area (Å²) >= 11 is 1.25. The number of thioether (sulfide) groups is 1. The van der Waals surface area contributed by atoms with E-state index in [9.17, 15) is 63.3 Å². The van der Waals surface area contributed by atoms with Gasteiger partial charge in [0.15, 0.2) is 0 Å². The van der Waals surface area contributed by atoms with Gasteiger partial charge in [-0.3, -0.25) is 43.2 Å². The van der Waals surface area contributed by atoms with Crippen LogP contribution in [0.4, 0.5) is 0 Å². The lowest BCUT2D eigenvalue weighted by Crippen LogP contribution is -2.61. The molecule has 0 radical (unpaired) electrons. The van der Waals surface area contributed by atoms with Crippen LogP contribution in [0.15, 0.2) is 0 Å². The van der Waals surface area contributed by atoms with E-state index in [1.807, 2.05) is 0 Å². The van der Waals surface area contributed by atoms with Crippen LogP contribution in [-0.4, -0.2) is 133 Å². The van der Waals surface area contributed by atoms with Crippen molar-refractivity contribution >= 4 is 71.1 Å². The fourth-order valence-electron chi connectivity index (χ4n) is 5.18. The Balaban J connectivity index is 3.30. The molecule has 1 aliphatic rings. The Morgan fingerprint density at radius 3 is 1.29 bits per heavy atom. The van der Waals surface area contributed by atoms with Crippen LogP contribution >= 0.6 is 11.8 Å². The maximum atomic E-state index is 13.5. The number of hydrogen-bond acceptors (Lipinski definition) is 12. The number of rotatable bonds is 25. The third kappa shape index (κ3) is 15.9. The summed E-state index contributed by atoms with van der Waals surface area (Å²) in [5, 5.41) is 57.8. The van der Waals surface area contributed by atoms with Crippen molar-refractivity contribution in [3.8, 4) is 0 Å². The lowest BCUT2D eigenvalue weighted by atomic mass is 9.96. The van der Waals surface area contributed by atoms with Crippen LogP contribution in [0.25, 0.3) is 0 Å². The normalized spacial score (nSPS) is 16.1. The number of carboxylic acids is 5. The summed E-state index contributed by atoms with van der Waals surface area (Å²) in [7, 11) is 0. The Kier molecular flexibility index (Phi) is 19.1. The minimum atomic E-state index is -1.67. The number of carbonyl (C=O) groups excluding carboxylic acids is 5. The van der Waals surface area contributed by atoms with Crippen molar-refractivity contribution in [3.63, 3.8) is 0 Å². The van der Waals surface area contributed by atoms with E-state index in [1.165, 1.54) is 11.8 Å². The number of hydrogen-bond donors (Lipinski definition) is 11. The summed E-state index contributed by atoms with van der Waals surface area (Å²) in [6.07, 6.45) is -1.54. The number of nitrogens with one attached hydrogen (secondary N) is 5. The van der Waals surface area contributed by atoms with Crippen LogP contribution in [0.5, 0.6) is 0 Å². The molecule has 0 aromatic carbocycles. The van der Waals surface area contributed by atoms with Gasteiger partial charge in [-0.2, -0.15) is 11.8 Å². The number of aliphatic carboxylic acids is 5. The number of carboxylic acid groups (broad SMARTS) is 5. The van der Waals surface area contributed by atoms with Crippen molar-refractivity contribution < 1.29 is 73.5 Å². The molecule has 0 spiro atoms. The summed E-state index contributed by atoms with van der Waals surface area (Å²) in [6, 6.07) is -7.94. The highest BCUT2D eigenvalue weighted by atomic mass is 32.2. The highest BCUT2D eigenvalue weighted by molar-refractivity contribution is 7.98. The molecule has 1 fully saturated rings. The summed E-state index contributed by atoms with van der Waals surface area (Å²) in [4.78, 5) is 123.